The normalized spacial score (nSPS) is 11.2. The molecule has 0 unspecified atom stereocenters. The number of aromatic nitrogens is 3. The lowest BCUT2D eigenvalue weighted by molar-refractivity contribution is 1.29. The minimum absolute atomic E-state index is 0.0987. The predicted molar refractivity (Wildman–Crippen MR) is 247 cm³/mol. The van der Waals surface area contributed by atoms with Gasteiger partial charge in [-0.2, -0.15) is 0 Å². The van der Waals surface area contributed by atoms with Crippen molar-refractivity contribution in [1.82, 2.24) is 15.0 Å². The van der Waals surface area contributed by atoms with E-state index in [1.54, 1.807) is 25.2 Å². The molecule has 58 heavy (non-hydrogen) atoms. The van der Waals surface area contributed by atoms with E-state index in [0.29, 0.717) is 43.7 Å². The van der Waals surface area contributed by atoms with Gasteiger partial charge in [0, 0.05) is 45.3 Å². The molecule has 11 heteroatoms. The van der Waals surface area contributed by atoms with E-state index < -0.39 is 0 Å². The molecule has 7 aromatic rings. The van der Waals surface area contributed by atoms with Gasteiger partial charge in [0.15, 0.2) is 0 Å². The van der Waals surface area contributed by atoms with Crippen molar-refractivity contribution >= 4 is 65.4 Å². The lowest BCUT2D eigenvalue weighted by Gasteiger charge is -2.14. The first-order valence-electron chi connectivity index (χ1n) is 18.0. The number of benzene rings is 4. The molecular weight excluding hydrogens is 773 g/mol. The van der Waals surface area contributed by atoms with Gasteiger partial charge in [-0.05, 0) is 78.1 Å². The Kier molecular flexibility index (Phi) is 12.7. The number of hydrogen-bond donors (Lipinski definition) is 4. The second kappa shape index (κ2) is 18.6. The fraction of sp³-hybridized carbons (Fsp3) is 0.0213. The van der Waals surface area contributed by atoms with Crippen LogP contribution in [0.3, 0.4) is 0 Å². The Balaban J connectivity index is 1.17. The number of aliphatic imine (C=N–C) groups is 1. The van der Waals surface area contributed by atoms with Gasteiger partial charge < -0.3 is 0 Å². The molecule has 0 saturated heterocycles. The predicted octanol–water partition coefficient (Wildman–Crippen LogP) is 11.8. The molecule has 0 amide bonds. The molecule has 3 heterocycles. The monoisotopic (exact) mass is 808 g/mol. The fourth-order valence-corrected chi connectivity index (χ4v) is 7.96. The minimum atomic E-state index is 0.0987. The summed E-state index contributed by atoms with van der Waals surface area (Å²) in [6.07, 6.45) is 0. The summed E-state index contributed by atoms with van der Waals surface area (Å²) in [4.78, 5) is 19.6. The van der Waals surface area contributed by atoms with Crippen molar-refractivity contribution < 1.29 is 0 Å². The van der Waals surface area contributed by atoms with Crippen LogP contribution in [0.25, 0.3) is 38.7 Å². The highest BCUT2D eigenvalue weighted by molar-refractivity contribution is 8.27. The average molecular weight is 809 g/mol. The maximum atomic E-state index is 9.21. The molecule has 8 nitrogen and oxygen atoms in total. The SMILES string of the molecule is C=C(SC(=NC)c1cc(C(=N)SC(=N)c2cccc(-c3ccccc3)n2)cc(C(=N)SC(=N)c2cccc(-c3ccccc3)n2)c1)c1cccc(-c2ccccc2)n1. The van der Waals surface area contributed by atoms with E-state index in [9.17, 15) is 10.8 Å². The molecule has 7 rings (SSSR count). The van der Waals surface area contributed by atoms with Crippen LogP contribution >= 0.6 is 35.3 Å². The summed E-state index contributed by atoms with van der Waals surface area (Å²) in [5.41, 5.74) is 8.39. The van der Waals surface area contributed by atoms with Gasteiger partial charge in [0.1, 0.15) is 25.2 Å². The molecule has 4 N–H and O–H groups in total. The van der Waals surface area contributed by atoms with E-state index in [1.165, 1.54) is 11.8 Å². The quantitative estimate of drug-likeness (QED) is 0.0799. The van der Waals surface area contributed by atoms with Crippen molar-refractivity contribution in [2.24, 2.45) is 4.99 Å². The molecule has 4 aromatic carbocycles. The van der Waals surface area contributed by atoms with Gasteiger partial charge >= 0.3 is 0 Å². The van der Waals surface area contributed by atoms with Crippen LogP contribution < -0.4 is 0 Å². The van der Waals surface area contributed by atoms with Crippen molar-refractivity contribution in [2.45, 2.75) is 0 Å². The first-order chi connectivity index (χ1) is 28.2. The van der Waals surface area contributed by atoms with Gasteiger partial charge in [-0.1, -0.05) is 128 Å². The van der Waals surface area contributed by atoms with Crippen LogP contribution in [-0.4, -0.2) is 47.2 Å². The van der Waals surface area contributed by atoms with Crippen LogP contribution in [0.15, 0.2) is 175 Å². The second-order valence-electron chi connectivity index (χ2n) is 12.7. The minimum Gasteiger partial charge on any atom is -0.293 e. The van der Waals surface area contributed by atoms with Gasteiger partial charge in [0.05, 0.1) is 34.2 Å². The van der Waals surface area contributed by atoms with E-state index in [1.807, 2.05) is 146 Å². The lowest BCUT2D eigenvalue weighted by Crippen LogP contribution is -2.09. The maximum Gasteiger partial charge on any atom is 0.119 e. The van der Waals surface area contributed by atoms with E-state index in [0.717, 1.165) is 57.3 Å². The van der Waals surface area contributed by atoms with Gasteiger partial charge in [-0.25, -0.2) is 15.0 Å². The van der Waals surface area contributed by atoms with Gasteiger partial charge in [-0.15, -0.1) is 0 Å². The molecule has 3 aromatic heterocycles. The third kappa shape index (κ3) is 9.70. The number of pyridine rings is 3. The Morgan fingerprint density at radius 1 is 0.431 bits per heavy atom. The molecule has 0 bridgehead atoms. The summed E-state index contributed by atoms with van der Waals surface area (Å²) in [6, 6.07) is 51.8. The van der Waals surface area contributed by atoms with Crippen LogP contribution in [0, 0.1) is 21.6 Å². The molecule has 0 saturated carbocycles. The largest absolute Gasteiger partial charge is 0.293 e. The smallest absolute Gasteiger partial charge is 0.119 e. The van der Waals surface area contributed by atoms with Crippen molar-refractivity contribution in [3.8, 4) is 33.8 Å². The van der Waals surface area contributed by atoms with E-state index in [-0.39, 0.29) is 20.2 Å². The van der Waals surface area contributed by atoms with E-state index in [2.05, 4.69) is 11.6 Å². The molecule has 0 atom stereocenters. The van der Waals surface area contributed by atoms with Crippen LogP contribution in [-0.2, 0) is 0 Å². The summed E-state index contributed by atoms with van der Waals surface area (Å²) in [5, 5.41) is 37.4. The van der Waals surface area contributed by atoms with Crippen molar-refractivity contribution in [3.63, 3.8) is 0 Å². The third-order valence-corrected chi connectivity index (χ3v) is 11.5. The van der Waals surface area contributed by atoms with Crippen molar-refractivity contribution in [2.75, 3.05) is 7.05 Å². The molecular formula is C47H36N8S3. The molecule has 0 aliphatic heterocycles. The number of thioether (sulfide) groups is 3. The topological polar surface area (TPSA) is 146 Å². The molecule has 282 valence electrons. The summed E-state index contributed by atoms with van der Waals surface area (Å²) in [7, 11) is 1.69. The van der Waals surface area contributed by atoms with E-state index >= 15 is 0 Å². The summed E-state index contributed by atoms with van der Waals surface area (Å²) >= 11 is 3.31. The Bertz CT molecular complexity index is 2570. The highest BCUT2D eigenvalue weighted by Gasteiger charge is 2.19. The molecule has 0 spiro atoms. The number of hydrogen-bond acceptors (Lipinski definition) is 11. The van der Waals surface area contributed by atoms with Crippen LogP contribution in [0.4, 0.5) is 0 Å². The summed E-state index contributed by atoms with van der Waals surface area (Å²) in [6.45, 7) is 4.35. The number of rotatable bonds is 10. The molecule has 0 radical (unpaired) electrons. The Labute approximate surface area is 350 Å². The van der Waals surface area contributed by atoms with Crippen LogP contribution in [0.1, 0.15) is 33.8 Å². The Hall–Kier alpha value is -6.53. The molecule has 0 aliphatic rings. The number of nitrogens with zero attached hydrogens (tertiary/aromatic N) is 4. The third-order valence-electron chi connectivity index (χ3n) is 8.74. The van der Waals surface area contributed by atoms with E-state index in [4.69, 9.17) is 25.8 Å². The fourth-order valence-electron chi connectivity index (χ4n) is 5.86. The maximum absolute atomic E-state index is 9.21. The van der Waals surface area contributed by atoms with Crippen LogP contribution in [0.5, 0.6) is 0 Å². The second-order valence-corrected chi connectivity index (χ2v) is 15.8. The van der Waals surface area contributed by atoms with Crippen molar-refractivity contribution in [3.05, 3.63) is 204 Å². The Morgan fingerprint density at radius 2 is 0.793 bits per heavy atom. The first kappa shape index (κ1) is 39.7. The first-order valence-corrected chi connectivity index (χ1v) is 20.5. The van der Waals surface area contributed by atoms with Gasteiger partial charge in [0.2, 0.25) is 0 Å². The van der Waals surface area contributed by atoms with Crippen LogP contribution in [0.2, 0.25) is 0 Å². The molecule has 0 fully saturated rings. The van der Waals surface area contributed by atoms with Gasteiger partial charge in [0.25, 0.3) is 0 Å². The zero-order chi connectivity index (χ0) is 40.4. The number of nitrogens with one attached hydrogen (secondary N) is 4. The standard InChI is InChI=1S/C47H36N8S3/c1-30(37-21-12-22-38(53-37)31-15-6-3-7-16-31)56-47(52-2)36-28-34(43(48)57-45(50)41-25-13-23-39(54-41)32-17-8-4-9-18-32)27-35(29-36)44(49)58-46(51)42-26-14-24-40(55-42)33-19-10-5-11-20-33/h3-29,48-51H,1H2,2H3. The summed E-state index contributed by atoms with van der Waals surface area (Å²) < 4.78 is 0. The highest BCUT2D eigenvalue weighted by Crippen LogP contribution is 2.32. The average Bonchev–Trinajstić information content (AvgIpc) is 3.28. The van der Waals surface area contributed by atoms with Crippen molar-refractivity contribution in [1.29, 1.82) is 21.6 Å². The highest BCUT2D eigenvalue weighted by atomic mass is 32.2. The zero-order valence-corrected chi connectivity index (χ0v) is 33.8. The molecule has 0 aliphatic carbocycles. The summed E-state index contributed by atoms with van der Waals surface area (Å²) in [5.74, 6) is 0. The lowest BCUT2D eigenvalue weighted by atomic mass is 10.1. The zero-order valence-electron chi connectivity index (χ0n) is 31.3. The van der Waals surface area contributed by atoms with Gasteiger partial charge in [-0.3, -0.25) is 26.6 Å². The Morgan fingerprint density at radius 3 is 1.19 bits per heavy atom.